The fraction of sp³-hybridized carbons (Fsp3) is 0.133. The summed E-state index contributed by atoms with van der Waals surface area (Å²) in [5.74, 6) is 0.318. The molecule has 0 aliphatic rings. The van der Waals surface area contributed by atoms with Crippen LogP contribution in [0.15, 0.2) is 34.8 Å². The van der Waals surface area contributed by atoms with Crippen LogP contribution in [-0.4, -0.2) is 13.4 Å². The molecule has 0 aliphatic heterocycles. The van der Waals surface area contributed by atoms with Gasteiger partial charge < -0.3 is 9.47 Å². The van der Waals surface area contributed by atoms with Gasteiger partial charge in [0.2, 0.25) is 0 Å². The molecule has 0 bridgehead atoms. The molecule has 0 aliphatic carbocycles. The van der Waals surface area contributed by atoms with Crippen LogP contribution in [0.5, 0.6) is 11.5 Å². The Kier molecular flexibility index (Phi) is 5.20. The molecule has 0 unspecified atom stereocenters. The van der Waals surface area contributed by atoms with Crippen molar-refractivity contribution >= 4 is 33.8 Å². The van der Waals surface area contributed by atoms with Gasteiger partial charge >= 0.3 is 0 Å². The van der Waals surface area contributed by atoms with Crippen molar-refractivity contribution in [1.82, 2.24) is 0 Å². The van der Waals surface area contributed by atoms with E-state index in [1.165, 1.54) is 25.3 Å². The number of rotatable bonds is 5. The maximum absolute atomic E-state index is 13.0. The average molecular weight is 374 g/mol. The van der Waals surface area contributed by atoms with E-state index in [4.69, 9.17) is 21.1 Å². The number of halogens is 3. The lowest BCUT2D eigenvalue weighted by Gasteiger charge is -2.14. The second-order valence-corrected chi connectivity index (χ2v) is 5.40. The predicted molar refractivity (Wildman–Crippen MR) is 81.8 cm³/mol. The predicted octanol–water partition coefficient (Wildman–Crippen LogP) is 4.64. The molecule has 0 atom stereocenters. The summed E-state index contributed by atoms with van der Waals surface area (Å²) in [5, 5.41) is 0.261. The molecule has 2 rings (SSSR count). The molecule has 0 saturated heterocycles. The first-order valence-electron chi connectivity index (χ1n) is 5.95. The maximum Gasteiger partial charge on any atom is 0.173 e. The van der Waals surface area contributed by atoms with Crippen molar-refractivity contribution in [2.24, 2.45) is 0 Å². The number of hydrogen-bond acceptors (Lipinski definition) is 3. The molecule has 0 amide bonds. The van der Waals surface area contributed by atoms with E-state index in [0.29, 0.717) is 33.4 Å². The minimum atomic E-state index is -0.419. The maximum atomic E-state index is 13.0. The van der Waals surface area contributed by atoms with Gasteiger partial charge in [-0.25, -0.2) is 4.39 Å². The third-order valence-electron chi connectivity index (χ3n) is 2.83. The summed E-state index contributed by atoms with van der Waals surface area (Å²) in [6.45, 7) is 0.0900. The molecule has 0 radical (unpaired) electrons. The largest absolute Gasteiger partial charge is 0.493 e. The quantitative estimate of drug-likeness (QED) is 0.716. The molecule has 0 N–H and O–H groups in total. The Balaban J connectivity index is 2.30. The van der Waals surface area contributed by atoms with Crippen molar-refractivity contribution in [2.75, 3.05) is 7.11 Å². The second-order valence-electron chi connectivity index (χ2n) is 4.13. The van der Waals surface area contributed by atoms with Gasteiger partial charge in [0.15, 0.2) is 17.8 Å². The Morgan fingerprint density at radius 3 is 2.71 bits per heavy atom. The molecule has 0 heterocycles. The summed E-state index contributed by atoms with van der Waals surface area (Å²) >= 11 is 9.22. The molecule has 2 aromatic carbocycles. The fourth-order valence-corrected chi connectivity index (χ4v) is 2.39. The fourth-order valence-electron chi connectivity index (χ4n) is 1.76. The minimum absolute atomic E-state index is 0.0900. The van der Waals surface area contributed by atoms with Crippen LogP contribution in [0.25, 0.3) is 0 Å². The van der Waals surface area contributed by atoms with Gasteiger partial charge in [-0.1, -0.05) is 17.7 Å². The van der Waals surface area contributed by atoms with Crippen molar-refractivity contribution in [1.29, 1.82) is 0 Å². The van der Waals surface area contributed by atoms with Gasteiger partial charge in [-0.2, -0.15) is 0 Å². The first kappa shape index (κ1) is 15.8. The van der Waals surface area contributed by atoms with E-state index in [-0.39, 0.29) is 11.6 Å². The van der Waals surface area contributed by atoms with Gasteiger partial charge in [0.05, 0.1) is 17.7 Å². The van der Waals surface area contributed by atoms with Gasteiger partial charge in [-0.05, 0) is 40.2 Å². The van der Waals surface area contributed by atoms with Crippen LogP contribution < -0.4 is 9.47 Å². The monoisotopic (exact) mass is 372 g/mol. The van der Waals surface area contributed by atoms with E-state index in [0.717, 1.165) is 0 Å². The van der Waals surface area contributed by atoms with Gasteiger partial charge in [-0.15, -0.1) is 0 Å². The van der Waals surface area contributed by atoms with E-state index in [9.17, 15) is 9.18 Å². The molecular formula is C15H11BrClFO3. The SMILES string of the molecule is COc1ccc(Br)c(C=O)c1OCc1ccc(F)cc1Cl. The van der Waals surface area contributed by atoms with Gasteiger partial charge in [0.1, 0.15) is 12.4 Å². The van der Waals surface area contributed by atoms with Gasteiger partial charge in [-0.3, -0.25) is 4.79 Å². The molecule has 0 aromatic heterocycles. The second kappa shape index (κ2) is 6.91. The van der Waals surface area contributed by atoms with Gasteiger partial charge in [0.25, 0.3) is 0 Å². The molecule has 0 fully saturated rings. The molecule has 6 heteroatoms. The summed E-state index contributed by atoms with van der Waals surface area (Å²) in [4.78, 5) is 11.2. The number of ether oxygens (including phenoxy) is 2. The molecule has 110 valence electrons. The third kappa shape index (κ3) is 3.54. The lowest BCUT2D eigenvalue weighted by molar-refractivity contribution is 0.111. The van der Waals surface area contributed by atoms with Crippen molar-refractivity contribution in [3.63, 3.8) is 0 Å². The zero-order chi connectivity index (χ0) is 15.4. The Morgan fingerprint density at radius 1 is 1.33 bits per heavy atom. The standard InChI is InChI=1S/C15H11BrClFO3/c1-20-14-5-4-12(16)11(7-19)15(14)21-8-9-2-3-10(18)6-13(9)17/h2-7H,8H2,1H3. The molecule has 21 heavy (non-hydrogen) atoms. The van der Waals surface area contributed by atoms with E-state index in [2.05, 4.69) is 15.9 Å². The highest BCUT2D eigenvalue weighted by Crippen LogP contribution is 2.36. The number of aldehydes is 1. The van der Waals surface area contributed by atoms with Crippen molar-refractivity contribution in [3.8, 4) is 11.5 Å². The van der Waals surface area contributed by atoms with Crippen LogP contribution in [0.2, 0.25) is 5.02 Å². The molecule has 2 aromatic rings. The van der Waals surface area contributed by atoms with E-state index in [1.807, 2.05) is 0 Å². The van der Waals surface area contributed by atoms with Crippen LogP contribution in [-0.2, 0) is 6.61 Å². The highest BCUT2D eigenvalue weighted by Gasteiger charge is 2.15. The number of hydrogen-bond donors (Lipinski definition) is 0. The Bertz CT molecular complexity index is 676. The zero-order valence-electron chi connectivity index (χ0n) is 11.0. The number of methoxy groups -OCH3 is 1. The number of carbonyl (C=O) groups excluding carboxylic acids is 1. The summed E-state index contributed by atoms with van der Waals surface area (Å²) in [7, 11) is 1.48. The van der Waals surface area contributed by atoms with E-state index < -0.39 is 5.82 Å². The summed E-state index contributed by atoms with van der Waals surface area (Å²) in [5.41, 5.74) is 0.949. The van der Waals surface area contributed by atoms with Crippen LogP contribution in [0.4, 0.5) is 4.39 Å². The summed E-state index contributed by atoms with van der Waals surface area (Å²) < 4.78 is 24.4. The topological polar surface area (TPSA) is 35.5 Å². The molecular weight excluding hydrogens is 363 g/mol. The van der Waals surface area contributed by atoms with Gasteiger partial charge in [0, 0.05) is 10.0 Å². The Labute approximate surface area is 134 Å². The van der Waals surface area contributed by atoms with E-state index >= 15 is 0 Å². The lowest BCUT2D eigenvalue weighted by Crippen LogP contribution is -2.02. The number of carbonyl (C=O) groups is 1. The van der Waals surface area contributed by atoms with Crippen LogP contribution in [0, 0.1) is 5.82 Å². The Morgan fingerprint density at radius 2 is 2.10 bits per heavy atom. The van der Waals surface area contributed by atoms with Crippen LogP contribution >= 0.6 is 27.5 Å². The molecule has 3 nitrogen and oxygen atoms in total. The lowest BCUT2D eigenvalue weighted by atomic mass is 10.2. The Hall–Kier alpha value is -1.59. The minimum Gasteiger partial charge on any atom is -0.493 e. The highest BCUT2D eigenvalue weighted by atomic mass is 79.9. The van der Waals surface area contributed by atoms with Crippen molar-refractivity contribution < 1.29 is 18.7 Å². The smallest absolute Gasteiger partial charge is 0.173 e. The summed E-state index contributed by atoms with van der Waals surface area (Å²) in [6.07, 6.45) is 0.675. The normalized spacial score (nSPS) is 10.3. The van der Waals surface area contributed by atoms with E-state index in [1.54, 1.807) is 12.1 Å². The van der Waals surface area contributed by atoms with Crippen LogP contribution in [0.3, 0.4) is 0 Å². The molecule has 0 spiro atoms. The average Bonchev–Trinajstić information content (AvgIpc) is 2.46. The zero-order valence-corrected chi connectivity index (χ0v) is 13.4. The van der Waals surface area contributed by atoms with Crippen LogP contribution in [0.1, 0.15) is 15.9 Å². The summed E-state index contributed by atoms with van der Waals surface area (Å²) in [6, 6.07) is 7.41. The molecule has 0 saturated carbocycles. The first-order chi connectivity index (χ1) is 10.1. The van der Waals surface area contributed by atoms with Crippen molar-refractivity contribution in [3.05, 3.63) is 56.8 Å². The number of benzene rings is 2. The first-order valence-corrected chi connectivity index (χ1v) is 7.12. The third-order valence-corrected chi connectivity index (χ3v) is 3.87. The highest BCUT2D eigenvalue weighted by molar-refractivity contribution is 9.10. The van der Waals surface area contributed by atoms with Crippen molar-refractivity contribution in [2.45, 2.75) is 6.61 Å².